The molecule has 122 valence electrons. The van der Waals surface area contributed by atoms with Crippen molar-refractivity contribution in [2.24, 2.45) is 0 Å². The molecule has 23 heavy (non-hydrogen) atoms. The molecule has 0 aromatic carbocycles. The number of aromatic carboxylic acids is 1. The van der Waals surface area contributed by atoms with Crippen molar-refractivity contribution in [2.75, 3.05) is 0 Å². The van der Waals surface area contributed by atoms with E-state index in [-0.39, 0.29) is 36.8 Å². The van der Waals surface area contributed by atoms with E-state index in [0.717, 1.165) is 9.75 Å². The van der Waals surface area contributed by atoms with Gasteiger partial charge < -0.3 is 10.4 Å². The average molecular weight is 352 g/mol. The topological polar surface area (TPSA) is 96.4 Å². The predicted octanol–water partition coefficient (Wildman–Crippen LogP) is 2.80. The lowest BCUT2D eigenvalue weighted by molar-refractivity contribution is -0.121. The first-order chi connectivity index (χ1) is 10.9. The summed E-state index contributed by atoms with van der Waals surface area (Å²) in [5.74, 6) is -1.38. The number of nitrogens with zero attached hydrogens (tertiary/aromatic N) is 1. The van der Waals surface area contributed by atoms with Gasteiger partial charge in [0.1, 0.15) is 5.01 Å². The summed E-state index contributed by atoms with van der Waals surface area (Å²) >= 11 is 2.74. The number of carboxylic acid groups (broad SMARTS) is 1. The number of carbonyl (C=O) groups excluding carboxylic acids is 2. The normalized spacial score (nSPS) is 10.5. The summed E-state index contributed by atoms with van der Waals surface area (Å²) in [6.45, 7) is 4.01. The van der Waals surface area contributed by atoms with Crippen LogP contribution in [-0.4, -0.2) is 27.8 Å². The fourth-order valence-corrected chi connectivity index (χ4v) is 3.67. The molecule has 1 amide bonds. The van der Waals surface area contributed by atoms with Gasteiger partial charge in [0.25, 0.3) is 0 Å². The van der Waals surface area contributed by atoms with Gasteiger partial charge in [-0.3, -0.25) is 9.59 Å². The molecule has 2 aromatic rings. The van der Waals surface area contributed by atoms with E-state index in [1.54, 1.807) is 11.3 Å². The smallest absolute Gasteiger partial charge is 0.355 e. The van der Waals surface area contributed by atoms with Crippen LogP contribution in [0.3, 0.4) is 0 Å². The summed E-state index contributed by atoms with van der Waals surface area (Å²) in [6, 6.07) is 1.85. The third kappa shape index (κ3) is 4.70. The number of amides is 1. The third-order valence-corrected chi connectivity index (χ3v) is 4.94. The number of aryl methyl sites for hydroxylation is 2. The molecule has 0 saturated heterocycles. The molecule has 2 heterocycles. The number of Topliss-reactive ketones (excluding diaryl/α,β-unsaturated/α-hetero) is 1. The van der Waals surface area contributed by atoms with E-state index in [4.69, 9.17) is 5.11 Å². The maximum Gasteiger partial charge on any atom is 0.355 e. The van der Waals surface area contributed by atoms with Crippen LogP contribution in [0.1, 0.15) is 48.5 Å². The first-order valence-corrected chi connectivity index (χ1v) is 8.61. The molecule has 0 aliphatic rings. The Labute approximate surface area is 141 Å². The van der Waals surface area contributed by atoms with Crippen LogP contribution in [0.5, 0.6) is 0 Å². The van der Waals surface area contributed by atoms with Gasteiger partial charge in [0.2, 0.25) is 5.91 Å². The van der Waals surface area contributed by atoms with Crippen molar-refractivity contribution >= 4 is 40.3 Å². The number of carbonyl (C=O) groups is 3. The minimum absolute atomic E-state index is 0.0299. The van der Waals surface area contributed by atoms with Crippen LogP contribution in [0.15, 0.2) is 11.4 Å². The zero-order valence-electron chi connectivity index (χ0n) is 12.7. The van der Waals surface area contributed by atoms with Crippen molar-refractivity contribution in [1.29, 1.82) is 0 Å². The van der Waals surface area contributed by atoms with Crippen LogP contribution in [0, 0.1) is 13.8 Å². The third-order valence-electron chi connectivity index (χ3n) is 3.13. The Bertz CT molecular complexity index is 748. The highest BCUT2D eigenvalue weighted by atomic mass is 32.1. The minimum Gasteiger partial charge on any atom is -0.476 e. The van der Waals surface area contributed by atoms with Crippen molar-refractivity contribution < 1.29 is 19.5 Å². The molecule has 6 nitrogen and oxygen atoms in total. The highest BCUT2D eigenvalue weighted by Gasteiger charge is 2.14. The minimum atomic E-state index is -1.09. The van der Waals surface area contributed by atoms with E-state index in [0.29, 0.717) is 10.6 Å². The Kier molecular flexibility index (Phi) is 5.62. The predicted molar refractivity (Wildman–Crippen MR) is 88.3 cm³/mol. The summed E-state index contributed by atoms with van der Waals surface area (Å²) in [4.78, 5) is 40.5. The number of thiazole rings is 1. The van der Waals surface area contributed by atoms with Gasteiger partial charge >= 0.3 is 5.97 Å². The number of nitrogens with one attached hydrogen (secondary N) is 1. The average Bonchev–Trinajstić information content (AvgIpc) is 3.09. The maximum atomic E-state index is 12.1. The zero-order chi connectivity index (χ0) is 17.0. The zero-order valence-corrected chi connectivity index (χ0v) is 14.3. The Hall–Kier alpha value is -2.06. The Morgan fingerprint density at radius 1 is 1.26 bits per heavy atom. The number of carboxylic acids is 1. The van der Waals surface area contributed by atoms with Crippen LogP contribution in [0.25, 0.3) is 0 Å². The molecule has 2 aromatic heterocycles. The molecule has 0 unspecified atom stereocenters. The van der Waals surface area contributed by atoms with Crippen molar-refractivity contribution in [3.05, 3.63) is 37.5 Å². The summed E-state index contributed by atoms with van der Waals surface area (Å²) < 4.78 is 0. The second kappa shape index (κ2) is 7.47. The molecule has 0 atom stereocenters. The monoisotopic (exact) mass is 352 g/mol. The van der Waals surface area contributed by atoms with Crippen molar-refractivity contribution in [1.82, 2.24) is 10.3 Å². The summed E-state index contributed by atoms with van der Waals surface area (Å²) in [6.07, 6.45) is 0.255. The molecule has 0 radical (unpaired) electrons. The van der Waals surface area contributed by atoms with Crippen molar-refractivity contribution in [3.63, 3.8) is 0 Å². The second-order valence-corrected chi connectivity index (χ2v) is 7.36. The van der Waals surface area contributed by atoms with E-state index >= 15 is 0 Å². The van der Waals surface area contributed by atoms with Gasteiger partial charge in [0.05, 0.1) is 6.54 Å². The van der Waals surface area contributed by atoms with E-state index in [9.17, 15) is 14.4 Å². The quantitative estimate of drug-likeness (QED) is 0.747. The van der Waals surface area contributed by atoms with Gasteiger partial charge in [-0.25, -0.2) is 9.78 Å². The lowest BCUT2D eigenvalue weighted by Gasteiger charge is -2.03. The number of ketones is 1. The standard InChI is InChI=1S/C15H16N2O4S2/c1-8-5-10(9(2)23-8)12(18)3-4-13(19)16-6-14-17-11(7-22-14)15(20)21/h5,7H,3-4,6H2,1-2H3,(H,16,19)(H,20,21). The van der Waals surface area contributed by atoms with Crippen LogP contribution in [0.4, 0.5) is 0 Å². The maximum absolute atomic E-state index is 12.1. The molecular formula is C15H16N2O4S2. The van der Waals surface area contributed by atoms with Crippen LogP contribution < -0.4 is 5.32 Å². The molecule has 0 aliphatic heterocycles. The molecular weight excluding hydrogens is 336 g/mol. The van der Waals surface area contributed by atoms with E-state index < -0.39 is 5.97 Å². The highest BCUT2D eigenvalue weighted by Crippen LogP contribution is 2.22. The lowest BCUT2D eigenvalue weighted by Crippen LogP contribution is -2.23. The Morgan fingerprint density at radius 2 is 2.00 bits per heavy atom. The second-order valence-electron chi connectivity index (χ2n) is 4.96. The Morgan fingerprint density at radius 3 is 2.57 bits per heavy atom. The van der Waals surface area contributed by atoms with Crippen LogP contribution in [-0.2, 0) is 11.3 Å². The van der Waals surface area contributed by atoms with Gasteiger partial charge in [-0.15, -0.1) is 22.7 Å². The molecule has 0 spiro atoms. The number of rotatable bonds is 7. The van der Waals surface area contributed by atoms with E-state index in [1.165, 1.54) is 16.7 Å². The van der Waals surface area contributed by atoms with Crippen molar-refractivity contribution in [2.45, 2.75) is 33.2 Å². The van der Waals surface area contributed by atoms with Gasteiger partial charge in [-0.2, -0.15) is 0 Å². The molecule has 0 bridgehead atoms. The fraction of sp³-hybridized carbons (Fsp3) is 0.333. The summed E-state index contributed by atoms with van der Waals surface area (Å²) in [5.41, 5.74) is 0.657. The Balaban J connectivity index is 1.79. The first kappa shape index (κ1) is 17.3. The summed E-state index contributed by atoms with van der Waals surface area (Å²) in [5, 5.41) is 13.4. The fourth-order valence-electron chi connectivity index (χ4n) is 2.02. The van der Waals surface area contributed by atoms with E-state index in [2.05, 4.69) is 10.3 Å². The van der Waals surface area contributed by atoms with Crippen molar-refractivity contribution in [3.8, 4) is 0 Å². The molecule has 0 saturated carbocycles. The first-order valence-electron chi connectivity index (χ1n) is 6.91. The molecule has 2 rings (SSSR count). The van der Waals surface area contributed by atoms with Gasteiger partial charge in [0, 0.05) is 33.5 Å². The van der Waals surface area contributed by atoms with Crippen LogP contribution in [0.2, 0.25) is 0 Å². The van der Waals surface area contributed by atoms with Gasteiger partial charge in [0.15, 0.2) is 11.5 Å². The van der Waals surface area contributed by atoms with E-state index in [1.807, 2.05) is 19.9 Å². The highest BCUT2D eigenvalue weighted by molar-refractivity contribution is 7.12. The number of aromatic nitrogens is 1. The van der Waals surface area contributed by atoms with Gasteiger partial charge in [-0.05, 0) is 19.9 Å². The van der Waals surface area contributed by atoms with Crippen LogP contribution >= 0.6 is 22.7 Å². The molecule has 0 fully saturated rings. The SMILES string of the molecule is Cc1cc(C(=O)CCC(=O)NCc2nc(C(=O)O)cs2)c(C)s1. The molecule has 0 aliphatic carbocycles. The number of hydrogen-bond donors (Lipinski definition) is 2. The lowest BCUT2D eigenvalue weighted by atomic mass is 10.1. The largest absolute Gasteiger partial charge is 0.476 e. The summed E-state index contributed by atoms with van der Waals surface area (Å²) in [7, 11) is 0. The van der Waals surface area contributed by atoms with Gasteiger partial charge in [-0.1, -0.05) is 0 Å². The molecule has 8 heteroatoms. The number of thiophene rings is 1. The molecule has 2 N–H and O–H groups in total. The number of hydrogen-bond acceptors (Lipinski definition) is 6.